The molecule has 0 saturated heterocycles. The summed E-state index contributed by atoms with van der Waals surface area (Å²) in [5.74, 6) is 0. The Kier molecular flexibility index (Phi) is 2.87. The first-order valence-corrected chi connectivity index (χ1v) is 5.67. The first-order valence-electron chi connectivity index (χ1n) is 4.59. The molecule has 0 nitrogen and oxygen atoms in total. The predicted molar refractivity (Wildman–Crippen MR) is 69.3 cm³/mol. The molecule has 2 rings (SSSR count). The first kappa shape index (κ1) is 9.71. The fourth-order valence-corrected chi connectivity index (χ4v) is 2.21. The molecule has 0 aliphatic heterocycles. The molecule has 0 saturated carbocycles. The normalized spacial score (nSPS) is 10.1. The maximum absolute atomic E-state index is 2.38. The highest BCUT2D eigenvalue weighted by atomic mass is 127. The predicted octanol–water partition coefficient (Wildman–Crippen LogP) is 4.27. The van der Waals surface area contributed by atoms with Crippen molar-refractivity contribution in [3.8, 4) is 11.1 Å². The third kappa shape index (κ3) is 1.98. The third-order valence-corrected chi connectivity index (χ3v) is 3.14. The highest BCUT2D eigenvalue weighted by Gasteiger charge is 2.00. The fraction of sp³-hybridized carbons (Fsp3) is 0.0769. The molecule has 2 aromatic rings. The zero-order chi connectivity index (χ0) is 9.97. The molecule has 0 aromatic heterocycles. The van der Waals surface area contributed by atoms with Crippen LogP contribution in [0.15, 0.2) is 48.5 Å². The lowest BCUT2D eigenvalue weighted by Crippen LogP contribution is -1.82. The molecule has 0 radical (unpaired) electrons. The van der Waals surface area contributed by atoms with E-state index in [1.807, 2.05) is 0 Å². The second-order valence-electron chi connectivity index (χ2n) is 3.35. The fourth-order valence-electron chi connectivity index (χ4n) is 1.51. The molecular weight excluding hydrogens is 283 g/mol. The standard InChI is InChI=1S/C13H11I/c1-10-5-4-6-11(9-10)12-7-2-3-8-13(12)14/h2-9H,1H3. The molecule has 0 bridgehead atoms. The second-order valence-corrected chi connectivity index (χ2v) is 4.51. The number of benzene rings is 2. The van der Waals surface area contributed by atoms with Crippen molar-refractivity contribution in [1.82, 2.24) is 0 Å². The van der Waals surface area contributed by atoms with Crippen molar-refractivity contribution in [2.75, 3.05) is 0 Å². The molecule has 0 spiro atoms. The molecule has 0 atom stereocenters. The third-order valence-electron chi connectivity index (χ3n) is 2.20. The molecule has 0 unspecified atom stereocenters. The van der Waals surface area contributed by atoms with Gasteiger partial charge in [0.15, 0.2) is 0 Å². The van der Waals surface area contributed by atoms with Gasteiger partial charge in [0.2, 0.25) is 0 Å². The van der Waals surface area contributed by atoms with Gasteiger partial charge in [-0.05, 0) is 46.7 Å². The molecule has 70 valence electrons. The largest absolute Gasteiger partial charge is 0.0616 e. The van der Waals surface area contributed by atoms with Crippen LogP contribution in [0.1, 0.15) is 5.56 Å². The summed E-state index contributed by atoms with van der Waals surface area (Å²) in [5.41, 5.74) is 3.92. The topological polar surface area (TPSA) is 0 Å². The minimum Gasteiger partial charge on any atom is -0.0616 e. The van der Waals surface area contributed by atoms with Gasteiger partial charge in [0, 0.05) is 3.57 Å². The van der Waals surface area contributed by atoms with Gasteiger partial charge < -0.3 is 0 Å². The van der Waals surface area contributed by atoms with E-state index < -0.39 is 0 Å². The van der Waals surface area contributed by atoms with E-state index in [0.717, 1.165) is 0 Å². The van der Waals surface area contributed by atoms with Crippen molar-refractivity contribution >= 4 is 22.6 Å². The number of halogens is 1. The summed E-state index contributed by atoms with van der Waals surface area (Å²) in [6, 6.07) is 17.1. The lowest BCUT2D eigenvalue weighted by atomic mass is 10.0. The highest BCUT2D eigenvalue weighted by molar-refractivity contribution is 14.1. The highest BCUT2D eigenvalue weighted by Crippen LogP contribution is 2.25. The van der Waals surface area contributed by atoms with Crippen LogP contribution < -0.4 is 0 Å². The van der Waals surface area contributed by atoms with Gasteiger partial charge in [0.05, 0.1) is 0 Å². The molecule has 0 aliphatic rings. The summed E-state index contributed by atoms with van der Waals surface area (Å²) in [6.45, 7) is 2.12. The van der Waals surface area contributed by atoms with Crippen LogP contribution >= 0.6 is 22.6 Å². The van der Waals surface area contributed by atoms with Crippen LogP contribution in [0.25, 0.3) is 11.1 Å². The molecule has 0 N–H and O–H groups in total. The first-order chi connectivity index (χ1) is 6.77. The smallest absolute Gasteiger partial charge is 0.0208 e. The van der Waals surface area contributed by atoms with Gasteiger partial charge in [0.1, 0.15) is 0 Å². The van der Waals surface area contributed by atoms with Gasteiger partial charge in [-0.15, -0.1) is 0 Å². The maximum atomic E-state index is 2.38. The van der Waals surface area contributed by atoms with Crippen LogP contribution in [0.2, 0.25) is 0 Å². The average molecular weight is 294 g/mol. The quantitative estimate of drug-likeness (QED) is 0.689. The Balaban J connectivity index is 2.55. The molecule has 2 aromatic carbocycles. The Morgan fingerprint density at radius 2 is 1.71 bits per heavy atom. The monoisotopic (exact) mass is 294 g/mol. The number of hydrogen-bond acceptors (Lipinski definition) is 0. The van der Waals surface area contributed by atoms with Crippen molar-refractivity contribution in [2.45, 2.75) is 6.92 Å². The van der Waals surface area contributed by atoms with Crippen molar-refractivity contribution < 1.29 is 0 Å². The van der Waals surface area contributed by atoms with E-state index in [0.29, 0.717) is 0 Å². The van der Waals surface area contributed by atoms with Gasteiger partial charge in [-0.2, -0.15) is 0 Å². The Bertz CT molecular complexity index is 446. The summed E-state index contributed by atoms with van der Waals surface area (Å²) < 4.78 is 1.30. The van der Waals surface area contributed by atoms with Crippen LogP contribution in [-0.4, -0.2) is 0 Å². The van der Waals surface area contributed by atoms with Gasteiger partial charge in [-0.3, -0.25) is 0 Å². The molecule has 1 heteroatoms. The van der Waals surface area contributed by atoms with Crippen molar-refractivity contribution in [3.63, 3.8) is 0 Å². The number of hydrogen-bond donors (Lipinski definition) is 0. The molecule has 14 heavy (non-hydrogen) atoms. The Labute approximate surface area is 98.1 Å². The van der Waals surface area contributed by atoms with E-state index in [-0.39, 0.29) is 0 Å². The summed E-state index contributed by atoms with van der Waals surface area (Å²) in [5, 5.41) is 0. The second kappa shape index (κ2) is 4.13. The summed E-state index contributed by atoms with van der Waals surface area (Å²) in [7, 11) is 0. The van der Waals surface area contributed by atoms with Crippen LogP contribution in [0.3, 0.4) is 0 Å². The average Bonchev–Trinajstić information content (AvgIpc) is 2.18. The Morgan fingerprint density at radius 1 is 0.929 bits per heavy atom. The van der Waals surface area contributed by atoms with Crippen LogP contribution in [-0.2, 0) is 0 Å². The maximum Gasteiger partial charge on any atom is 0.0208 e. The summed E-state index contributed by atoms with van der Waals surface area (Å²) in [4.78, 5) is 0. The Hall–Kier alpha value is -0.830. The molecule has 0 heterocycles. The van der Waals surface area contributed by atoms with E-state index in [1.165, 1.54) is 20.3 Å². The van der Waals surface area contributed by atoms with Crippen molar-refractivity contribution in [2.24, 2.45) is 0 Å². The number of rotatable bonds is 1. The molecule has 0 aliphatic carbocycles. The number of aryl methyl sites for hydroxylation is 1. The van der Waals surface area contributed by atoms with Gasteiger partial charge >= 0.3 is 0 Å². The minimum atomic E-state index is 1.30. The SMILES string of the molecule is Cc1cccc(-c2ccccc2I)c1. The zero-order valence-electron chi connectivity index (χ0n) is 8.00. The van der Waals surface area contributed by atoms with Crippen LogP contribution in [0.4, 0.5) is 0 Å². The lowest BCUT2D eigenvalue weighted by Gasteiger charge is -2.04. The van der Waals surface area contributed by atoms with Crippen LogP contribution in [0.5, 0.6) is 0 Å². The molecule has 0 fully saturated rings. The lowest BCUT2D eigenvalue weighted by molar-refractivity contribution is 1.46. The van der Waals surface area contributed by atoms with E-state index in [4.69, 9.17) is 0 Å². The molecular formula is C13H11I. The Morgan fingerprint density at radius 3 is 2.43 bits per heavy atom. The van der Waals surface area contributed by atoms with E-state index in [2.05, 4.69) is 78.0 Å². The van der Waals surface area contributed by atoms with E-state index in [1.54, 1.807) is 0 Å². The van der Waals surface area contributed by atoms with Crippen LogP contribution in [0, 0.1) is 10.5 Å². The van der Waals surface area contributed by atoms with Crippen molar-refractivity contribution in [1.29, 1.82) is 0 Å². The van der Waals surface area contributed by atoms with E-state index in [9.17, 15) is 0 Å². The van der Waals surface area contributed by atoms with Gasteiger partial charge in [0.25, 0.3) is 0 Å². The molecule has 0 amide bonds. The van der Waals surface area contributed by atoms with Crippen molar-refractivity contribution in [3.05, 3.63) is 57.7 Å². The van der Waals surface area contributed by atoms with E-state index >= 15 is 0 Å². The van der Waals surface area contributed by atoms with Gasteiger partial charge in [-0.25, -0.2) is 0 Å². The van der Waals surface area contributed by atoms with Gasteiger partial charge in [-0.1, -0.05) is 48.0 Å². The summed E-state index contributed by atoms with van der Waals surface area (Å²) in [6.07, 6.45) is 0. The summed E-state index contributed by atoms with van der Waals surface area (Å²) >= 11 is 2.38. The minimum absolute atomic E-state index is 1.30. The zero-order valence-corrected chi connectivity index (χ0v) is 10.2.